The molecule has 16 heteroatoms. The van der Waals surface area contributed by atoms with Crippen LogP contribution in [0.25, 0.3) is 16.5 Å². The van der Waals surface area contributed by atoms with Crippen LogP contribution in [0.3, 0.4) is 0 Å². The monoisotopic (exact) mass is 825 g/mol. The number of halogens is 2. The number of carbonyl (C=O) groups is 3. The van der Waals surface area contributed by atoms with Gasteiger partial charge in [0.25, 0.3) is 33.6 Å². The Bertz CT molecular complexity index is 1880. The van der Waals surface area contributed by atoms with Gasteiger partial charge < -0.3 is 9.88 Å². The number of hydroxylamine groups is 2. The molecule has 0 radical (unpaired) electrons. The summed E-state index contributed by atoms with van der Waals surface area (Å²) in [5.41, 5.74) is 1.70. The van der Waals surface area contributed by atoms with E-state index < -0.39 is 57.5 Å². The number of hydrogen-bond donors (Lipinski definition) is 1. The van der Waals surface area contributed by atoms with Crippen LogP contribution in [0.2, 0.25) is 0 Å². The Morgan fingerprint density at radius 1 is 1.22 bits per heavy atom. The summed E-state index contributed by atoms with van der Waals surface area (Å²) in [7, 11) is -2.46. The molecule has 1 N–H and O–H groups in total. The van der Waals surface area contributed by atoms with Gasteiger partial charge in [0.1, 0.15) is 28.3 Å². The molecule has 5 aliphatic rings. The first-order chi connectivity index (χ1) is 23.1. The largest absolute Gasteiger partial charge is 0.349 e. The zero-order valence-electron chi connectivity index (χ0n) is 28.2. The van der Waals surface area contributed by atoms with E-state index in [-0.39, 0.29) is 24.4 Å². The number of nitrogens with one attached hydrogen (secondary N) is 1. The van der Waals surface area contributed by atoms with E-state index in [0.29, 0.717) is 37.3 Å². The van der Waals surface area contributed by atoms with Gasteiger partial charge in [0.05, 0.1) is 16.8 Å². The summed E-state index contributed by atoms with van der Waals surface area (Å²) in [6.45, 7) is 7.88. The Morgan fingerprint density at radius 2 is 1.96 bits per heavy atom. The molecule has 7 rings (SSSR count). The Kier molecular flexibility index (Phi) is 8.68. The SMILES string of the molecule is CC(C)C[C@H]1C(=O)N2CCC[C@H]2[C@@]2(OBr)O[C@@](C(C)C)(N(OS(C)(=O)=O)C(=O)[C@@H]3C=C4c5cccc6[nH]c(Br)c(c56)C[C@H]4N(C)C3)C(=O)N12. The molecule has 6 atom stereocenters. The molecule has 0 saturated carbocycles. The van der Waals surface area contributed by atoms with Gasteiger partial charge in [-0.05, 0) is 77.3 Å². The van der Waals surface area contributed by atoms with Gasteiger partial charge in [-0.3, -0.25) is 32.7 Å². The number of ether oxygens (including phenoxy) is 1. The van der Waals surface area contributed by atoms with Crippen molar-refractivity contribution in [2.75, 3.05) is 26.4 Å². The Balaban J connectivity index is 1.37. The van der Waals surface area contributed by atoms with E-state index in [1.54, 1.807) is 18.7 Å². The summed E-state index contributed by atoms with van der Waals surface area (Å²) in [6.07, 6.45) is 4.81. The van der Waals surface area contributed by atoms with Crippen LogP contribution in [0.4, 0.5) is 0 Å². The van der Waals surface area contributed by atoms with Crippen LogP contribution in [-0.4, -0.2) is 107 Å². The predicted molar refractivity (Wildman–Crippen MR) is 187 cm³/mol. The Hall–Kier alpha value is -2.34. The fraction of sp³-hybridized carbons (Fsp3) is 0.606. The molecule has 2 aromatic rings. The Labute approximate surface area is 302 Å². The van der Waals surface area contributed by atoms with Crippen LogP contribution >= 0.6 is 32.2 Å². The Morgan fingerprint density at radius 3 is 2.61 bits per heavy atom. The van der Waals surface area contributed by atoms with Gasteiger partial charge in [-0.15, -0.1) is 4.28 Å². The van der Waals surface area contributed by atoms with Gasteiger partial charge in [0.2, 0.25) is 5.91 Å². The van der Waals surface area contributed by atoms with Gasteiger partial charge in [-0.1, -0.05) is 45.9 Å². The maximum atomic E-state index is 15.1. The number of carbonyl (C=O) groups excluding carboxylic acids is 3. The lowest BCUT2D eigenvalue weighted by Crippen LogP contribution is -2.71. The van der Waals surface area contributed by atoms with Crippen LogP contribution in [0.15, 0.2) is 28.9 Å². The maximum Gasteiger partial charge on any atom is 0.289 e. The molecule has 5 heterocycles. The van der Waals surface area contributed by atoms with Crippen molar-refractivity contribution < 1.29 is 35.7 Å². The van der Waals surface area contributed by atoms with Crippen LogP contribution in [0.1, 0.15) is 58.1 Å². The average molecular weight is 828 g/mol. The molecule has 266 valence electrons. The summed E-state index contributed by atoms with van der Waals surface area (Å²) in [5, 5.41) is 1.68. The van der Waals surface area contributed by atoms with Crippen LogP contribution < -0.4 is 0 Å². The number of likely N-dealkylation sites (N-methyl/N-ethyl adjacent to an activating group) is 1. The highest BCUT2D eigenvalue weighted by Crippen LogP contribution is 2.53. The average Bonchev–Trinajstić information content (AvgIpc) is 3.72. The summed E-state index contributed by atoms with van der Waals surface area (Å²) in [4.78, 5) is 52.4. The van der Waals surface area contributed by atoms with Crippen molar-refractivity contribution in [1.29, 1.82) is 0 Å². The van der Waals surface area contributed by atoms with Crippen LogP contribution in [0.5, 0.6) is 0 Å². The van der Waals surface area contributed by atoms with Crippen molar-refractivity contribution in [2.45, 2.75) is 83.1 Å². The first-order valence-corrected chi connectivity index (χ1v) is 19.9. The number of piperazine rings is 1. The van der Waals surface area contributed by atoms with Crippen molar-refractivity contribution in [3.63, 3.8) is 0 Å². The summed E-state index contributed by atoms with van der Waals surface area (Å²) in [5.74, 6) is -5.38. The van der Waals surface area contributed by atoms with Crippen molar-refractivity contribution in [3.8, 4) is 0 Å². The third-order valence-electron chi connectivity index (χ3n) is 10.7. The zero-order valence-corrected chi connectivity index (χ0v) is 32.2. The molecule has 49 heavy (non-hydrogen) atoms. The molecule has 0 spiro atoms. The lowest BCUT2D eigenvalue weighted by Gasteiger charge is -2.50. The van der Waals surface area contributed by atoms with Crippen LogP contribution in [0, 0.1) is 17.8 Å². The minimum Gasteiger partial charge on any atom is -0.349 e. The lowest BCUT2D eigenvalue weighted by molar-refractivity contribution is -0.338. The number of amides is 3. The van der Waals surface area contributed by atoms with Gasteiger partial charge in [-0.25, -0.2) is 0 Å². The number of rotatable bonds is 8. The molecule has 3 amide bonds. The minimum absolute atomic E-state index is 0.00597. The second-order valence-corrected chi connectivity index (χ2v) is 17.3. The van der Waals surface area contributed by atoms with E-state index in [1.165, 1.54) is 4.90 Å². The van der Waals surface area contributed by atoms with Crippen molar-refractivity contribution in [2.24, 2.45) is 17.8 Å². The second kappa shape index (κ2) is 12.1. The lowest BCUT2D eigenvalue weighted by atomic mass is 9.79. The maximum absolute atomic E-state index is 15.1. The smallest absolute Gasteiger partial charge is 0.289 e. The van der Waals surface area contributed by atoms with E-state index in [0.717, 1.165) is 38.5 Å². The van der Waals surface area contributed by atoms with E-state index >= 15 is 4.79 Å². The highest BCUT2D eigenvalue weighted by atomic mass is 79.9. The number of fused-ring (bicyclic) bond motifs is 5. The fourth-order valence-corrected chi connectivity index (χ4v) is 10.1. The molecule has 0 unspecified atom stereocenters. The molecule has 1 aromatic heterocycles. The van der Waals surface area contributed by atoms with Crippen molar-refractivity contribution in [1.82, 2.24) is 24.7 Å². The highest BCUT2D eigenvalue weighted by Gasteiger charge is 2.76. The van der Waals surface area contributed by atoms with E-state index in [9.17, 15) is 18.0 Å². The fourth-order valence-electron chi connectivity index (χ4n) is 8.61. The van der Waals surface area contributed by atoms with E-state index in [2.05, 4.69) is 42.1 Å². The van der Waals surface area contributed by atoms with Gasteiger partial charge in [-0.2, -0.15) is 13.5 Å². The number of nitrogens with zero attached hydrogens (tertiary/aromatic N) is 4. The normalized spacial score (nSPS) is 31.4. The van der Waals surface area contributed by atoms with Gasteiger partial charge in [0, 0.05) is 36.0 Å². The number of aromatic amines is 1. The molecular formula is C33H41Br2N5O8S. The highest BCUT2D eigenvalue weighted by molar-refractivity contribution is 9.10. The molecule has 1 aromatic carbocycles. The van der Waals surface area contributed by atoms with E-state index in [1.807, 2.05) is 45.2 Å². The molecule has 4 aliphatic heterocycles. The predicted octanol–water partition coefficient (Wildman–Crippen LogP) is 4.13. The second-order valence-electron chi connectivity index (χ2n) is 14.6. The molecule has 3 fully saturated rings. The summed E-state index contributed by atoms with van der Waals surface area (Å²) < 4.78 is 45.2. The molecule has 0 bridgehead atoms. The number of aromatic nitrogens is 1. The first kappa shape index (κ1) is 35.1. The number of benzene rings is 1. The number of H-pyrrole nitrogens is 1. The van der Waals surface area contributed by atoms with Gasteiger partial charge >= 0.3 is 0 Å². The van der Waals surface area contributed by atoms with Crippen molar-refractivity contribution >= 4 is 76.5 Å². The first-order valence-electron chi connectivity index (χ1n) is 16.6. The number of hydrogen-bond acceptors (Lipinski definition) is 9. The van der Waals surface area contributed by atoms with Crippen LogP contribution in [-0.2, 0) is 43.8 Å². The standard InChI is InChI=1S/C33H41Br2N5O8S/c1-17(2)13-25-30(42)38-12-8-11-26(38)33(47-35)39(25)31(43)32(46-33,18(3)4)40(48-49(6,44)45)29(41)19-14-21-20-9-7-10-23-27(20)22(28(34)36-23)15-24(21)37(5)16-19/h7,9-10,14,17-19,24-26,36H,8,11-13,15-16H2,1-6H3/t19-,24-,25+,26+,32-,33+/m1/s1. The molecule has 13 nitrogen and oxygen atoms in total. The summed E-state index contributed by atoms with van der Waals surface area (Å²) in [6, 6.07) is 4.24. The minimum atomic E-state index is -4.39. The topological polar surface area (TPSA) is 142 Å². The van der Waals surface area contributed by atoms with Crippen molar-refractivity contribution in [3.05, 3.63) is 40.0 Å². The van der Waals surface area contributed by atoms with E-state index in [4.69, 9.17) is 12.8 Å². The zero-order chi connectivity index (χ0) is 35.4. The summed E-state index contributed by atoms with van der Waals surface area (Å²) >= 11 is 6.82. The quantitative estimate of drug-likeness (QED) is 0.389. The molecule has 1 aliphatic carbocycles. The van der Waals surface area contributed by atoms with Gasteiger partial charge in [0.15, 0.2) is 0 Å². The molecular weight excluding hydrogens is 786 g/mol. The third kappa shape index (κ3) is 5.18. The third-order valence-corrected chi connectivity index (χ3v) is 12.2. The molecule has 3 saturated heterocycles.